The molecule has 3 aromatic rings. The summed E-state index contributed by atoms with van der Waals surface area (Å²) < 4.78 is 2.08. The first-order valence-electron chi connectivity index (χ1n) is 8.56. The summed E-state index contributed by atoms with van der Waals surface area (Å²) in [6.45, 7) is 7.99. The Hall–Kier alpha value is -3.44. The van der Waals surface area contributed by atoms with Gasteiger partial charge in [-0.1, -0.05) is 0 Å². The molecule has 2 aromatic heterocycles. The highest BCUT2D eigenvalue weighted by molar-refractivity contribution is 7.14. The molecule has 0 aliphatic heterocycles. The van der Waals surface area contributed by atoms with Crippen LogP contribution in [0.2, 0.25) is 0 Å². The van der Waals surface area contributed by atoms with E-state index in [4.69, 9.17) is 0 Å². The molecule has 7 nitrogen and oxygen atoms in total. The van der Waals surface area contributed by atoms with Gasteiger partial charge < -0.3 is 4.57 Å². The number of nitro groups is 1. The maximum absolute atomic E-state index is 10.7. The quantitative estimate of drug-likeness (QED) is 0.375. The lowest BCUT2D eigenvalue weighted by Crippen LogP contribution is -2.00. The summed E-state index contributed by atoms with van der Waals surface area (Å²) in [5.74, 6) is 0. The van der Waals surface area contributed by atoms with Crippen molar-refractivity contribution in [2.24, 2.45) is 5.10 Å². The molecule has 8 heteroatoms. The van der Waals surface area contributed by atoms with Crippen LogP contribution in [0, 0.1) is 49.1 Å². The summed E-state index contributed by atoms with van der Waals surface area (Å²) in [4.78, 5) is 11.4. The maximum atomic E-state index is 10.7. The number of nitrogens with zero attached hydrogens (tertiary/aromatic N) is 4. The summed E-state index contributed by atoms with van der Waals surface area (Å²) in [6.07, 6.45) is 1.71. The molecule has 142 valence electrons. The third-order valence-electron chi connectivity index (χ3n) is 4.63. The van der Waals surface area contributed by atoms with Crippen LogP contribution in [0.1, 0.15) is 33.0 Å². The molecule has 1 N–H and O–H groups in total. The third kappa shape index (κ3) is 3.52. The second-order valence-corrected chi connectivity index (χ2v) is 7.61. The molecule has 2 heterocycles. The van der Waals surface area contributed by atoms with Gasteiger partial charge in [-0.3, -0.25) is 15.5 Å². The Bertz CT molecular complexity index is 1120. The van der Waals surface area contributed by atoms with Crippen molar-refractivity contribution in [3.63, 3.8) is 0 Å². The number of nitriles is 1. The van der Waals surface area contributed by atoms with E-state index in [1.54, 1.807) is 29.7 Å². The van der Waals surface area contributed by atoms with Gasteiger partial charge in [0.05, 0.1) is 22.4 Å². The first kappa shape index (κ1) is 19.3. The van der Waals surface area contributed by atoms with Crippen LogP contribution in [-0.4, -0.2) is 15.7 Å². The molecule has 0 spiro atoms. The number of anilines is 1. The Morgan fingerprint density at radius 1 is 1.25 bits per heavy atom. The minimum absolute atomic E-state index is 0.0351. The first-order valence-corrected chi connectivity index (χ1v) is 9.38. The van der Waals surface area contributed by atoms with E-state index in [1.165, 1.54) is 12.1 Å². The van der Waals surface area contributed by atoms with E-state index in [0.29, 0.717) is 11.3 Å². The molecule has 0 fully saturated rings. The van der Waals surface area contributed by atoms with E-state index in [1.807, 2.05) is 33.8 Å². The minimum Gasteiger partial charge on any atom is -0.308 e. The van der Waals surface area contributed by atoms with Gasteiger partial charge in [0.1, 0.15) is 11.1 Å². The van der Waals surface area contributed by atoms with Gasteiger partial charge in [0.25, 0.3) is 5.69 Å². The van der Waals surface area contributed by atoms with E-state index in [9.17, 15) is 15.4 Å². The predicted molar refractivity (Wildman–Crippen MR) is 112 cm³/mol. The lowest BCUT2D eigenvalue weighted by Gasteiger charge is -2.07. The van der Waals surface area contributed by atoms with Gasteiger partial charge >= 0.3 is 0 Å². The zero-order chi connectivity index (χ0) is 20.4. The smallest absolute Gasteiger partial charge is 0.269 e. The fraction of sp³-hybridized carbons (Fsp3) is 0.200. The average molecular weight is 393 g/mol. The predicted octanol–water partition coefficient (Wildman–Crippen LogP) is 5.00. The van der Waals surface area contributed by atoms with Gasteiger partial charge in [0, 0.05) is 34.0 Å². The molecule has 0 radical (unpaired) electrons. The second-order valence-electron chi connectivity index (χ2n) is 6.41. The Morgan fingerprint density at radius 2 is 1.93 bits per heavy atom. The van der Waals surface area contributed by atoms with E-state index in [2.05, 4.69) is 21.2 Å². The van der Waals surface area contributed by atoms with Crippen LogP contribution >= 0.6 is 11.3 Å². The van der Waals surface area contributed by atoms with Crippen molar-refractivity contribution in [2.45, 2.75) is 27.7 Å². The van der Waals surface area contributed by atoms with Crippen molar-refractivity contribution in [1.82, 2.24) is 4.57 Å². The molecular formula is C20H19N5O2S. The van der Waals surface area contributed by atoms with Crippen LogP contribution in [0.25, 0.3) is 5.00 Å². The normalized spacial score (nSPS) is 11.0. The van der Waals surface area contributed by atoms with Gasteiger partial charge in [0.15, 0.2) is 0 Å². The minimum atomic E-state index is -0.439. The molecule has 0 unspecified atom stereocenters. The van der Waals surface area contributed by atoms with Gasteiger partial charge in [-0.05, 0) is 51.5 Å². The second kappa shape index (κ2) is 7.66. The van der Waals surface area contributed by atoms with E-state index >= 15 is 0 Å². The number of aryl methyl sites for hydroxylation is 2. The van der Waals surface area contributed by atoms with E-state index in [0.717, 1.165) is 32.4 Å². The highest BCUT2D eigenvalue weighted by atomic mass is 32.1. The monoisotopic (exact) mass is 393 g/mol. The number of nitrogens with one attached hydrogen (secondary N) is 1. The molecule has 0 saturated heterocycles. The van der Waals surface area contributed by atoms with Gasteiger partial charge in [0.2, 0.25) is 0 Å². The molecule has 3 rings (SSSR count). The lowest BCUT2D eigenvalue weighted by atomic mass is 10.2. The van der Waals surface area contributed by atoms with Crippen molar-refractivity contribution >= 4 is 28.9 Å². The number of hydrogen-bond acceptors (Lipinski definition) is 6. The molecular weight excluding hydrogens is 374 g/mol. The molecule has 0 bridgehead atoms. The van der Waals surface area contributed by atoms with Crippen molar-refractivity contribution in [3.8, 4) is 11.1 Å². The zero-order valence-corrected chi connectivity index (χ0v) is 16.8. The number of non-ortho nitro benzene ring substituents is 1. The first-order chi connectivity index (χ1) is 13.3. The number of benzene rings is 1. The van der Waals surface area contributed by atoms with Crippen LogP contribution in [0.15, 0.2) is 35.4 Å². The number of rotatable bonds is 5. The zero-order valence-electron chi connectivity index (χ0n) is 16.0. The Morgan fingerprint density at radius 3 is 2.54 bits per heavy atom. The molecule has 1 aromatic carbocycles. The molecule has 28 heavy (non-hydrogen) atoms. The highest BCUT2D eigenvalue weighted by Crippen LogP contribution is 2.33. The van der Waals surface area contributed by atoms with E-state index in [-0.39, 0.29) is 5.69 Å². The lowest BCUT2D eigenvalue weighted by molar-refractivity contribution is -0.384. The summed E-state index contributed by atoms with van der Waals surface area (Å²) in [7, 11) is 0. The third-order valence-corrected chi connectivity index (χ3v) is 5.82. The highest BCUT2D eigenvalue weighted by Gasteiger charge is 2.18. The van der Waals surface area contributed by atoms with Crippen LogP contribution < -0.4 is 5.43 Å². The summed E-state index contributed by atoms with van der Waals surface area (Å²) >= 11 is 1.61. The number of nitro benzene ring substituents is 1. The molecule has 0 atom stereocenters. The fourth-order valence-corrected chi connectivity index (χ4v) is 4.18. The Balaban J connectivity index is 1.86. The summed E-state index contributed by atoms with van der Waals surface area (Å²) in [5, 5.41) is 25.4. The van der Waals surface area contributed by atoms with Gasteiger partial charge in [-0.25, -0.2) is 0 Å². The van der Waals surface area contributed by atoms with Gasteiger partial charge in [-0.2, -0.15) is 10.4 Å². The van der Waals surface area contributed by atoms with E-state index < -0.39 is 4.92 Å². The molecule has 0 saturated carbocycles. The largest absolute Gasteiger partial charge is 0.308 e. The number of thiophene rings is 1. The van der Waals surface area contributed by atoms with Crippen LogP contribution in [-0.2, 0) is 0 Å². The molecule has 0 amide bonds. The van der Waals surface area contributed by atoms with Crippen molar-refractivity contribution < 1.29 is 4.92 Å². The number of hydrazone groups is 1. The van der Waals surface area contributed by atoms with Crippen molar-refractivity contribution in [1.29, 1.82) is 5.26 Å². The Labute approximate surface area is 166 Å². The maximum Gasteiger partial charge on any atom is 0.269 e. The number of hydrogen-bond donors (Lipinski definition) is 1. The average Bonchev–Trinajstić information content (AvgIpc) is 3.10. The van der Waals surface area contributed by atoms with Crippen LogP contribution in [0.3, 0.4) is 0 Å². The number of aromatic nitrogens is 1. The standard InChI is InChI=1S/C20H19N5O2S/c1-12-9-16(11-22-23-17-5-7-18(8-6-17)25(26)27)14(3)24(12)20-19(10-21)13(2)15(4)28-20/h5-9,11,23H,1-4H3/b22-11-. The fourth-order valence-electron chi connectivity index (χ4n) is 2.96. The Kier molecular flexibility index (Phi) is 5.29. The van der Waals surface area contributed by atoms with Crippen LogP contribution in [0.5, 0.6) is 0 Å². The molecule has 0 aliphatic rings. The van der Waals surface area contributed by atoms with Crippen molar-refractivity contribution in [3.05, 3.63) is 73.4 Å². The SMILES string of the molecule is Cc1sc(-n2c(C)cc(/C=N\Nc3ccc([N+](=O)[O-])cc3)c2C)c(C#N)c1C. The molecule has 0 aliphatic carbocycles. The topological polar surface area (TPSA) is 96.2 Å². The van der Waals surface area contributed by atoms with Crippen LogP contribution in [0.4, 0.5) is 11.4 Å². The van der Waals surface area contributed by atoms with Crippen molar-refractivity contribution in [2.75, 3.05) is 5.43 Å². The summed E-state index contributed by atoms with van der Waals surface area (Å²) in [5.41, 5.74) is 8.24. The summed E-state index contributed by atoms with van der Waals surface area (Å²) in [6, 6.07) is 10.4. The van der Waals surface area contributed by atoms with Gasteiger partial charge in [-0.15, -0.1) is 11.3 Å².